The van der Waals surface area contributed by atoms with Gasteiger partial charge in [-0.15, -0.1) is 11.3 Å². The largest absolute Gasteiger partial charge is 0.320 e. The summed E-state index contributed by atoms with van der Waals surface area (Å²) in [6, 6.07) is 4.22. The normalized spacial score (nSPS) is 30.7. The monoisotopic (exact) mass is 276 g/mol. The second kappa shape index (κ2) is 3.83. The highest BCUT2D eigenvalue weighted by Crippen LogP contribution is 2.49. The number of thiophene rings is 1. The van der Waals surface area contributed by atoms with E-state index in [2.05, 4.69) is 34.7 Å². The molecular weight excluding hydrogens is 256 g/mol. The summed E-state index contributed by atoms with van der Waals surface area (Å²) in [4.78, 5) is 16.1. The van der Waals surface area contributed by atoms with Gasteiger partial charge in [0.05, 0.1) is 0 Å². The van der Waals surface area contributed by atoms with Crippen LogP contribution in [0.3, 0.4) is 0 Å². The smallest absolute Gasteiger partial charge is 0.244 e. The molecule has 3 aliphatic rings. The van der Waals surface area contributed by atoms with Crippen LogP contribution in [0.4, 0.5) is 0 Å². The van der Waals surface area contributed by atoms with Gasteiger partial charge in [-0.25, -0.2) is 0 Å². The van der Waals surface area contributed by atoms with Crippen molar-refractivity contribution >= 4 is 17.2 Å². The molecular formula is C15H20N2OS. The molecule has 1 spiro atoms. The van der Waals surface area contributed by atoms with Crippen molar-refractivity contribution in [3.63, 3.8) is 0 Å². The topological polar surface area (TPSA) is 32.3 Å². The molecule has 4 heteroatoms. The molecule has 3 nitrogen and oxygen atoms in total. The van der Waals surface area contributed by atoms with Crippen LogP contribution in [0.25, 0.3) is 0 Å². The second-order valence-corrected chi connectivity index (χ2v) is 7.72. The van der Waals surface area contributed by atoms with Crippen molar-refractivity contribution in [2.75, 3.05) is 6.54 Å². The van der Waals surface area contributed by atoms with Gasteiger partial charge in [0.25, 0.3) is 0 Å². The molecule has 1 aliphatic heterocycles. The maximum atomic E-state index is 12.7. The predicted molar refractivity (Wildman–Crippen MR) is 75.8 cm³/mol. The minimum atomic E-state index is -0.200. The first kappa shape index (κ1) is 11.9. The van der Waals surface area contributed by atoms with Crippen LogP contribution in [0, 0.1) is 5.41 Å². The number of rotatable bonds is 3. The van der Waals surface area contributed by atoms with Gasteiger partial charge in [0, 0.05) is 11.4 Å². The molecule has 19 heavy (non-hydrogen) atoms. The Morgan fingerprint density at radius 2 is 2.21 bits per heavy atom. The summed E-state index contributed by atoms with van der Waals surface area (Å²) >= 11 is 1.75. The number of nitrogens with zero attached hydrogens (tertiary/aromatic N) is 1. The molecule has 1 saturated heterocycles. The Bertz CT molecular complexity index is 502. The van der Waals surface area contributed by atoms with Gasteiger partial charge in [0.2, 0.25) is 5.91 Å². The minimum Gasteiger partial charge on any atom is -0.320 e. The van der Waals surface area contributed by atoms with Crippen molar-refractivity contribution in [1.29, 1.82) is 0 Å². The Morgan fingerprint density at radius 1 is 1.42 bits per heavy atom. The lowest BCUT2D eigenvalue weighted by Crippen LogP contribution is -2.43. The number of carbonyl (C=O) groups excluding carboxylic acids is 1. The summed E-state index contributed by atoms with van der Waals surface area (Å²) in [6.45, 7) is 3.25. The van der Waals surface area contributed by atoms with Crippen molar-refractivity contribution in [2.24, 2.45) is 5.41 Å². The van der Waals surface area contributed by atoms with Crippen molar-refractivity contribution in [3.05, 3.63) is 22.4 Å². The van der Waals surface area contributed by atoms with E-state index in [1.165, 1.54) is 24.1 Å². The number of hydrogen-bond acceptors (Lipinski definition) is 3. The highest BCUT2D eigenvalue weighted by molar-refractivity contribution is 7.10. The number of hydrogen-bond donors (Lipinski definition) is 1. The molecule has 0 bridgehead atoms. The third kappa shape index (κ3) is 1.77. The van der Waals surface area contributed by atoms with E-state index in [0.717, 1.165) is 19.4 Å². The third-order valence-corrected chi connectivity index (χ3v) is 6.00. The van der Waals surface area contributed by atoms with Crippen LogP contribution in [0.2, 0.25) is 0 Å². The van der Waals surface area contributed by atoms with Crippen molar-refractivity contribution in [2.45, 2.75) is 50.7 Å². The molecule has 0 aromatic carbocycles. The first-order chi connectivity index (χ1) is 9.12. The second-order valence-electron chi connectivity index (χ2n) is 6.74. The Balaban J connectivity index is 1.62. The van der Waals surface area contributed by atoms with Gasteiger partial charge in [-0.2, -0.15) is 0 Å². The number of carbonyl (C=O) groups is 1. The highest BCUT2D eigenvalue weighted by Gasteiger charge is 2.60. The molecule has 1 unspecified atom stereocenters. The molecule has 1 amide bonds. The van der Waals surface area contributed by atoms with Crippen LogP contribution >= 0.6 is 11.3 Å². The lowest BCUT2D eigenvalue weighted by molar-refractivity contribution is -0.133. The van der Waals surface area contributed by atoms with Crippen LogP contribution in [0.1, 0.15) is 50.1 Å². The van der Waals surface area contributed by atoms with Crippen LogP contribution < -0.4 is 5.32 Å². The average Bonchev–Trinajstić information content (AvgIpc) is 2.84. The quantitative estimate of drug-likeness (QED) is 0.920. The van der Waals surface area contributed by atoms with Crippen LogP contribution in [0.15, 0.2) is 17.5 Å². The number of amides is 1. The minimum absolute atomic E-state index is 0.118. The SMILES string of the molecule is CC1(CN2C(=O)C3(CC3)NC2c2cccs2)CCC1. The molecule has 0 radical (unpaired) electrons. The predicted octanol–water partition coefficient (Wildman–Crippen LogP) is 2.90. The lowest BCUT2D eigenvalue weighted by Gasteiger charge is -2.42. The lowest BCUT2D eigenvalue weighted by atomic mass is 9.70. The molecule has 1 aromatic heterocycles. The molecule has 1 aromatic rings. The van der Waals surface area contributed by atoms with Gasteiger partial charge in [0.15, 0.2) is 0 Å². The molecule has 102 valence electrons. The van der Waals surface area contributed by atoms with E-state index in [4.69, 9.17) is 0 Å². The van der Waals surface area contributed by atoms with E-state index in [9.17, 15) is 4.79 Å². The maximum absolute atomic E-state index is 12.7. The zero-order chi connectivity index (χ0) is 13.1. The van der Waals surface area contributed by atoms with Gasteiger partial charge >= 0.3 is 0 Å². The molecule has 1 N–H and O–H groups in total. The van der Waals surface area contributed by atoms with E-state index < -0.39 is 0 Å². The summed E-state index contributed by atoms with van der Waals surface area (Å²) in [7, 11) is 0. The van der Waals surface area contributed by atoms with E-state index in [-0.39, 0.29) is 11.7 Å². The standard InChI is InChI=1S/C15H20N2OS/c1-14(5-3-6-14)10-17-12(11-4-2-9-19-11)16-15(7-8-15)13(17)18/h2,4,9,12,16H,3,5-8,10H2,1H3. The molecule has 2 heterocycles. The van der Waals surface area contributed by atoms with E-state index in [1.807, 2.05) is 0 Å². The van der Waals surface area contributed by atoms with Gasteiger partial charge in [0.1, 0.15) is 11.7 Å². The summed E-state index contributed by atoms with van der Waals surface area (Å²) in [5, 5.41) is 5.70. The molecule has 4 rings (SSSR count). The fourth-order valence-corrected chi connectivity index (χ4v) is 4.25. The molecule has 3 fully saturated rings. The van der Waals surface area contributed by atoms with Gasteiger partial charge in [-0.1, -0.05) is 19.4 Å². The Labute approximate surface area is 118 Å². The molecule has 2 saturated carbocycles. The van der Waals surface area contributed by atoms with Gasteiger partial charge in [-0.05, 0) is 42.5 Å². The Morgan fingerprint density at radius 3 is 2.74 bits per heavy atom. The average molecular weight is 276 g/mol. The Kier molecular flexibility index (Phi) is 2.40. The first-order valence-electron chi connectivity index (χ1n) is 7.24. The highest BCUT2D eigenvalue weighted by atomic mass is 32.1. The van der Waals surface area contributed by atoms with Crippen LogP contribution in [0.5, 0.6) is 0 Å². The fraction of sp³-hybridized carbons (Fsp3) is 0.667. The maximum Gasteiger partial charge on any atom is 0.244 e. The summed E-state index contributed by atoms with van der Waals surface area (Å²) in [6.07, 6.45) is 6.00. The van der Waals surface area contributed by atoms with Crippen LogP contribution in [-0.4, -0.2) is 22.9 Å². The van der Waals surface area contributed by atoms with E-state index in [1.54, 1.807) is 11.3 Å². The summed E-state index contributed by atoms with van der Waals surface area (Å²) in [5.41, 5.74) is 0.155. The van der Waals surface area contributed by atoms with Crippen molar-refractivity contribution in [1.82, 2.24) is 10.2 Å². The van der Waals surface area contributed by atoms with E-state index in [0.29, 0.717) is 11.3 Å². The van der Waals surface area contributed by atoms with Gasteiger partial charge in [-0.3, -0.25) is 10.1 Å². The summed E-state index contributed by atoms with van der Waals surface area (Å²) in [5.74, 6) is 0.346. The van der Waals surface area contributed by atoms with Crippen molar-refractivity contribution in [3.8, 4) is 0 Å². The van der Waals surface area contributed by atoms with Crippen LogP contribution in [-0.2, 0) is 4.79 Å². The van der Waals surface area contributed by atoms with Gasteiger partial charge < -0.3 is 4.90 Å². The fourth-order valence-electron chi connectivity index (χ4n) is 3.46. The molecule has 2 aliphatic carbocycles. The van der Waals surface area contributed by atoms with E-state index >= 15 is 0 Å². The third-order valence-electron chi connectivity index (χ3n) is 5.07. The summed E-state index contributed by atoms with van der Waals surface area (Å²) < 4.78 is 0. The zero-order valence-electron chi connectivity index (χ0n) is 11.3. The molecule has 1 atom stereocenters. The number of nitrogens with one attached hydrogen (secondary N) is 1. The Hall–Kier alpha value is -0.870. The zero-order valence-corrected chi connectivity index (χ0v) is 12.1. The first-order valence-corrected chi connectivity index (χ1v) is 8.12. The van der Waals surface area contributed by atoms with Crippen molar-refractivity contribution < 1.29 is 4.79 Å².